The van der Waals surface area contributed by atoms with Gasteiger partial charge in [0.15, 0.2) is 0 Å². The van der Waals surface area contributed by atoms with Crippen molar-refractivity contribution < 1.29 is 9.53 Å². The SMILES string of the molecule is COCc1nc(C)c(CC(=O)NCCc2c[nH]c3ccccc23)s1. The molecule has 5 nitrogen and oxygen atoms in total. The number of H-pyrrole nitrogens is 1. The van der Waals surface area contributed by atoms with E-state index >= 15 is 0 Å². The first kappa shape index (κ1) is 16.7. The molecule has 0 spiro atoms. The number of nitrogens with one attached hydrogen (secondary N) is 2. The summed E-state index contributed by atoms with van der Waals surface area (Å²) in [5, 5.41) is 5.13. The normalized spacial score (nSPS) is 11.1. The Hall–Kier alpha value is -2.18. The van der Waals surface area contributed by atoms with Crippen LogP contribution >= 0.6 is 11.3 Å². The first-order valence-corrected chi connectivity index (χ1v) is 8.75. The van der Waals surface area contributed by atoms with Crippen molar-refractivity contribution in [3.05, 3.63) is 51.6 Å². The summed E-state index contributed by atoms with van der Waals surface area (Å²) in [6.45, 7) is 3.06. The molecule has 0 aliphatic rings. The highest BCUT2D eigenvalue weighted by molar-refractivity contribution is 7.11. The zero-order valence-corrected chi connectivity index (χ0v) is 14.7. The summed E-state index contributed by atoms with van der Waals surface area (Å²) in [4.78, 5) is 20.8. The van der Waals surface area contributed by atoms with Crippen LogP contribution in [0.2, 0.25) is 0 Å². The fourth-order valence-electron chi connectivity index (χ4n) is 2.72. The highest BCUT2D eigenvalue weighted by atomic mass is 32.1. The first-order valence-electron chi connectivity index (χ1n) is 7.93. The molecule has 0 saturated carbocycles. The molecule has 0 unspecified atom stereocenters. The van der Waals surface area contributed by atoms with E-state index in [0.717, 1.165) is 27.5 Å². The molecule has 0 aliphatic carbocycles. The van der Waals surface area contributed by atoms with Gasteiger partial charge in [0.2, 0.25) is 5.91 Å². The molecule has 0 fully saturated rings. The zero-order valence-electron chi connectivity index (χ0n) is 13.9. The molecule has 1 aromatic carbocycles. The second kappa shape index (κ2) is 7.59. The Morgan fingerprint density at radius 2 is 2.21 bits per heavy atom. The molecule has 1 amide bonds. The zero-order chi connectivity index (χ0) is 16.9. The summed E-state index contributed by atoms with van der Waals surface area (Å²) in [6.07, 6.45) is 3.20. The van der Waals surface area contributed by atoms with Crippen LogP contribution in [0.5, 0.6) is 0 Å². The van der Waals surface area contributed by atoms with Crippen LogP contribution in [-0.2, 0) is 29.0 Å². The van der Waals surface area contributed by atoms with E-state index in [0.29, 0.717) is 19.6 Å². The van der Waals surface area contributed by atoms with E-state index < -0.39 is 0 Å². The molecule has 2 aromatic heterocycles. The Bertz CT molecular complexity index is 838. The van der Waals surface area contributed by atoms with Gasteiger partial charge in [0.1, 0.15) is 5.01 Å². The lowest BCUT2D eigenvalue weighted by Crippen LogP contribution is -2.27. The minimum atomic E-state index is 0.0329. The highest BCUT2D eigenvalue weighted by Crippen LogP contribution is 2.20. The van der Waals surface area contributed by atoms with E-state index in [1.807, 2.05) is 25.3 Å². The van der Waals surface area contributed by atoms with E-state index in [9.17, 15) is 4.79 Å². The lowest BCUT2D eigenvalue weighted by atomic mass is 10.1. The van der Waals surface area contributed by atoms with Crippen LogP contribution < -0.4 is 5.32 Å². The van der Waals surface area contributed by atoms with E-state index in [1.54, 1.807) is 18.4 Å². The standard InChI is InChI=1S/C18H21N3O2S/c1-12-16(24-18(21-12)11-23-2)9-17(22)19-8-7-13-10-20-15-6-4-3-5-14(13)15/h3-6,10,20H,7-9,11H2,1-2H3,(H,19,22). The number of thiazole rings is 1. The highest BCUT2D eigenvalue weighted by Gasteiger charge is 2.12. The minimum absolute atomic E-state index is 0.0329. The summed E-state index contributed by atoms with van der Waals surface area (Å²) in [7, 11) is 1.65. The van der Waals surface area contributed by atoms with Crippen molar-refractivity contribution in [2.75, 3.05) is 13.7 Å². The predicted octanol–water partition coefficient (Wildman–Crippen LogP) is 2.98. The number of aromatic amines is 1. The Kier molecular flexibility index (Phi) is 5.27. The van der Waals surface area contributed by atoms with Crippen LogP contribution in [0.15, 0.2) is 30.5 Å². The number of carbonyl (C=O) groups is 1. The molecule has 0 bridgehead atoms. The molecule has 6 heteroatoms. The number of hydrogen-bond acceptors (Lipinski definition) is 4. The number of benzene rings is 1. The molecule has 126 valence electrons. The van der Waals surface area contributed by atoms with Gasteiger partial charge in [-0.05, 0) is 25.0 Å². The number of amides is 1. The van der Waals surface area contributed by atoms with Gasteiger partial charge in [-0.15, -0.1) is 11.3 Å². The maximum atomic E-state index is 12.2. The Morgan fingerprint density at radius 3 is 3.04 bits per heavy atom. The number of hydrogen-bond donors (Lipinski definition) is 2. The molecular formula is C18H21N3O2S. The van der Waals surface area contributed by atoms with Gasteiger partial charge >= 0.3 is 0 Å². The minimum Gasteiger partial charge on any atom is -0.378 e. The third kappa shape index (κ3) is 3.83. The van der Waals surface area contributed by atoms with Gasteiger partial charge in [0.05, 0.1) is 18.7 Å². The molecule has 2 heterocycles. The molecule has 0 aliphatic heterocycles. The van der Waals surface area contributed by atoms with Crippen molar-refractivity contribution in [2.24, 2.45) is 0 Å². The Morgan fingerprint density at radius 1 is 1.38 bits per heavy atom. The summed E-state index contributed by atoms with van der Waals surface area (Å²) < 4.78 is 5.09. The third-order valence-electron chi connectivity index (χ3n) is 3.92. The largest absolute Gasteiger partial charge is 0.378 e. The van der Waals surface area contributed by atoms with Crippen molar-refractivity contribution >= 4 is 28.1 Å². The Labute approximate surface area is 145 Å². The summed E-state index contributed by atoms with van der Waals surface area (Å²) in [6, 6.07) is 8.20. The van der Waals surface area contributed by atoms with Gasteiger partial charge in [0.25, 0.3) is 0 Å². The number of aromatic nitrogens is 2. The second-order valence-electron chi connectivity index (χ2n) is 5.69. The molecule has 0 atom stereocenters. The lowest BCUT2D eigenvalue weighted by molar-refractivity contribution is -0.120. The molecule has 3 aromatic rings. The smallest absolute Gasteiger partial charge is 0.225 e. The van der Waals surface area contributed by atoms with Crippen LogP contribution in [0.1, 0.15) is 21.1 Å². The van der Waals surface area contributed by atoms with Crippen molar-refractivity contribution in [2.45, 2.75) is 26.4 Å². The number of fused-ring (bicyclic) bond motifs is 1. The van der Waals surface area contributed by atoms with Crippen LogP contribution in [0.25, 0.3) is 10.9 Å². The van der Waals surface area contributed by atoms with Gasteiger partial charge in [-0.2, -0.15) is 0 Å². The summed E-state index contributed by atoms with van der Waals surface area (Å²) >= 11 is 1.54. The topological polar surface area (TPSA) is 67.0 Å². The average Bonchev–Trinajstić information content (AvgIpc) is 3.12. The van der Waals surface area contributed by atoms with Gasteiger partial charge < -0.3 is 15.0 Å². The van der Waals surface area contributed by atoms with Crippen molar-refractivity contribution in [3.63, 3.8) is 0 Å². The quantitative estimate of drug-likeness (QED) is 0.693. The second-order valence-corrected chi connectivity index (χ2v) is 6.85. The fourth-order valence-corrected chi connectivity index (χ4v) is 3.76. The number of ether oxygens (including phenoxy) is 1. The average molecular weight is 343 g/mol. The van der Waals surface area contributed by atoms with Gasteiger partial charge in [-0.3, -0.25) is 4.79 Å². The first-order chi connectivity index (χ1) is 11.7. The number of aryl methyl sites for hydroxylation is 1. The Balaban J connectivity index is 1.52. The van der Waals surface area contributed by atoms with E-state index in [1.165, 1.54) is 10.9 Å². The third-order valence-corrected chi connectivity index (χ3v) is 5.05. The fraction of sp³-hybridized carbons (Fsp3) is 0.333. The maximum absolute atomic E-state index is 12.2. The number of methoxy groups -OCH3 is 1. The van der Waals surface area contributed by atoms with Crippen LogP contribution in [-0.4, -0.2) is 29.5 Å². The molecular weight excluding hydrogens is 322 g/mol. The van der Waals surface area contributed by atoms with Crippen LogP contribution in [0.4, 0.5) is 0 Å². The maximum Gasteiger partial charge on any atom is 0.225 e. The molecule has 24 heavy (non-hydrogen) atoms. The van der Waals surface area contributed by atoms with Crippen molar-refractivity contribution in [3.8, 4) is 0 Å². The van der Waals surface area contributed by atoms with Crippen LogP contribution in [0, 0.1) is 6.92 Å². The molecule has 0 radical (unpaired) electrons. The molecule has 3 rings (SSSR count). The van der Waals surface area contributed by atoms with Crippen molar-refractivity contribution in [1.82, 2.24) is 15.3 Å². The predicted molar refractivity (Wildman–Crippen MR) is 96.3 cm³/mol. The number of nitrogens with zero attached hydrogens (tertiary/aromatic N) is 1. The monoisotopic (exact) mass is 343 g/mol. The number of rotatable bonds is 7. The summed E-state index contributed by atoms with van der Waals surface area (Å²) in [5.41, 5.74) is 3.27. The molecule has 2 N–H and O–H groups in total. The number of carbonyl (C=O) groups excluding carboxylic acids is 1. The molecule has 0 saturated heterocycles. The van der Waals surface area contributed by atoms with Gasteiger partial charge in [-0.25, -0.2) is 4.98 Å². The van der Waals surface area contributed by atoms with Gasteiger partial charge in [-0.1, -0.05) is 18.2 Å². The van der Waals surface area contributed by atoms with Crippen molar-refractivity contribution in [1.29, 1.82) is 0 Å². The van der Waals surface area contributed by atoms with E-state index in [2.05, 4.69) is 27.4 Å². The van der Waals surface area contributed by atoms with Gasteiger partial charge in [0, 0.05) is 35.6 Å². The van der Waals surface area contributed by atoms with E-state index in [-0.39, 0.29) is 5.91 Å². The summed E-state index contributed by atoms with van der Waals surface area (Å²) in [5.74, 6) is 0.0329. The van der Waals surface area contributed by atoms with Crippen LogP contribution in [0.3, 0.4) is 0 Å². The lowest BCUT2D eigenvalue weighted by Gasteiger charge is -2.04. The van der Waals surface area contributed by atoms with E-state index in [4.69, 9.17) is 4.74 Å². The number of para-hydroxylation sites is 1.